The first-order valence-corrected chi connectivity index (χ1v) is 6.59. The molecule has 1 fully saturated rings. The molecule has 0 saturated carbocycles. The zero-order valence-electron chi connectivity index (χ0n) is 11.3. The molecule has 6 heteroatoms. The van der Waals surface area contributed by atoms with E-state index in [-0.39, 0.29) is 0 Å². The molecule has 1 heterocycles. The normalized spacial score (nSPS) is 19.7. The molecule has 1 aliphatic rings. The van der Waals surface area contributed by atoms with Crippen molar-refractivity contribution >= 4 is 0 Å². The first-order valence-electron chi connectivity index (χ1n) is 6.59. The van der Waals surface area contributed by atoms with Gasteiger partial charge in [-0.25, -0.2) is 0 Å². The van der Waals surface area contributed by atoms with Crippen LogP contribution in [0.1, 0.15) is 13.8 Å². The van der Waals surface area contributed by atoms with Crippen LogP contribution in [0.5, 0.6) is 0 Å². The van der Waals surface area contributed by atoms with E-state index in [1.807, 2.05) is 0 Å². The summed E-state index contributed by atoms with van der Waals surface area (Å²) in [6.45, 7) is 8.88. The quantitative estimate of drug-likeness (QED) is 0.734. The summed E-state index contributed by atoms with van der Waals surface area (Å²) in [7, 11) is 0. The smallest absolute Gasteiger partial charge is 0.315 e. The highest BCUT2D eigenvalue weighted by atomic mass is 19.4. The lowest BCUT2D eigenvalue weighted by Crippen LogP contribution is -2.50. The number of alkyl halides is 3. The fourth-order valence-electron chi connectivity index (χ4n) is 2.05. The molecule has 1 saturated heterocycles. The van der Waals surface area contributed by atoms with Crippen LogP contribution in [0.2, 0.25) is 0 Å². The summed E-state index contributed by atoms with van der Waals surface area (Å²) in [6.07, 6.45) is -4.07. The van der Waals surface area contributed by atoms with E-state index >= 15 is 0 Å². The summed E-state index contributed by atoms with van der Waals surface area (Å²) >= 11 is 0. The van der Waals surface area contributed by atoms with E-state index in [2.05, 4.69) is 24.1 Å². The van der Waals surface area contributed by atoms with Crippen LogP contribution in [0.25, 0.3) is 0 Å². The van der Waals surface area contributed by atoms with Gasteiger partial charge in [0.25, 0.3) is 0 Å². The number of nitrogens with zero attached hydrogens (tertiary/aromatic N) is 2. The summed E-state index contributed by atoms with van der Waals surface area (Å²) in [5.41, 5.74) is 0. The molecule has 0 bridgehead atoms. The predicted molar refractivity (Wildman–Crippen MR) is 66.6 cm³/mol. The molecule has 0 atom stereocenters. The zero-order chi connectivity index (χ0) is 13.6. The predicted octanol–water partition coefficient (Wildman–Crippen LogP) is 1.41. The Kier molecular flexibility index (Phi) is 6.38. The third-order valence-corrected chi connectivity index (χ3v) is 3.03. The number of hydrogen-bond acceptors (Lipinski definition) is 3. The van der Waals surface area contributed by atoms with E-state index < -0.39 is 12.7 Å². The van der Waals surface area contributed by atoms with Gasteiger partial charge in [-0.15, -0.1) is 0 Å². The Morgan fingerprint density at radius 1 is 1.06 bits per heavy atom. The minimum absolute atomic E-state index is 0.518. The van der Waals surface area contributed by atoms with Gasteiger partial charge in [-0.2, -0.15) is 13.2 Å². The van der Waals surface area contributed by atoms with Crippen LogP contribution in [0.3, 0.4) is 0 Å². The van der Waals surface area contributed by atoms with E-state index in [1.54, 1.807) is 0 Å². The maximum absolute atomic E-state index is 12.2. The number of rotatable bonds is 6. The summed E-state index contributed by atoms with van der Waals surface area (Å²) in [6, 6.07) is 0. The van der Waals surface area contributed by atoms with Crippen LogP contribution >= 0.6 is 0 Å². The van der Waals surface area contributed by atoms with E-state index in [0.29, 0.717) is 19.0 Å². The highest BCUT2D eigenvalue weighted by Crippen LogP contribution is 2.17. The fourth-order valence-corrected chi connectivity index (χ4v) is 2.05. The average Bonchev–Trinajstić information content (AvgIpc) is 2.24. The van der Waals surface area contributed by atoms with Crippen LogP contribution < -0.4 is 5.32 Å². The molecule has 18 heavy (non-hydrogen) atoms. The Morgan fingerprint density at radius 2 is 1.61 bits per heavy atom. The Labute approximate surface area is 107 Å². The van der Waals surface area contributed by atoms with E-state index in [0.717, 1.165) is 32.7 Å². The molecular formula is C12H24F3N3. The van der Waals surface area contributed by atoms with Crippen molar-refractivity contribution < 1.29 is 13.2 Å². The highest BCUT2D eigenvalue weighted by molar-refractivity contribution is 4.74. The lowest BCUT2D eigenvalue weighted by atomic mass is 10.2. The second-order valence-corrected chi connectivity index (χ2v) is 5.33. The monoisotopic (exact) mass is 267 g/mol. The molecule has 1 N–H and O–H groups in total. The number of halogens is 3. The molecule has 0 amide bonds. The lowest BCUT2D eigenvalue weighted by molar-refractivity contribution is -0.149. The first kappa shape index (κ1) is 15.7. The van der Waals surface area contributed by atoms with Crippen molar-refractivity contribution in [2.24, 2.45) is 5.92 Å². The molecule has 1 rings (SSSR count). The molecule has 3 nitrogen and oxygen atoms in total. The number of nitrogens with one attached hydrogen (secondary N) is 1. The molecule has 0 radical (unpaired) electrons. The van der Waals surface area contributed by atoms with Gasteiger partial charge in [0, 0.05) is 39.3 Å². The van der Waals surface area contributed by atoms with E-state index in [1.165, 1.54) is 4.90 Å². The topological polar surface area (TPSA) is 18.5 Å². The van der Waals surface area contributed by atoms with Crippen molar-refractivity contribution in [2.45, 2.75) is 20.0 Å². The summed E-state index contributed by atoms with van der Waals surface area (Å²) in [5.74, 6) is 0.633. The molecular weight excluding hydrogens is 243 g/mol. The van der Waals surface area contributed by atoms with Crippen LogP contribution in [0.15, 0.2) is 0 Å². The Bertz CT molecular complexity index is 223. The Hall–Kier alpha value is -0.330. The van der Waals surface area contributed by atoms with Crippen LogP contribution in [0.4, 0.5) is 13.2 Å². The minimum Gasteiger partial charge on any atom is -0.315 e. The van der Waals surface area contributed by atoms with E-state index in [9.17, 15) is 13.2 Å². The van der Waals surface area contributed by atoms with Gasteiger partial charge in [-0.05, 0) is 12.5 Å². The van der Waals surface area contributed by atoms with Gasteiger partial charge in [0.05, 0.1) is 6.54 Å². The molecule has 0 aromatic heterocycles. The molecule has 0 aromatic rings. The van der Waals surface area contributed by atoms with Crippen molar-refractivity contribution in [3.63, 3.8) is 0 Å². The van der Waals surface area contributed by atoms with Crippen molar-refractivity contribution in [3.05, 3.63) is 0 Å². The molecule has 1 aliphatic heterocycles. The van der Waals surface area contributed by atoms with Gasteiger partial charge in [-0.1, -0.05) is 13.8 Å². The fraction of sp³-hybridized carbons (Fsp3) is 1.00. The third-order valence-electron chi connectivity index (χ3n) is 3.03. The molecule has 0 aliphatic carbocycles. The summed E-state index contributed by atoms with van der Waals surface area (Å²) in [5, 5.41) is 3.35. The van der Waals surface area contributed by atoms with Crippen LogP contribution in [0, 0.1) is 5.92 Å². The Morgan fingerprint density at radius 3 is 2.11 bits per heavy atom. The lowest BCUT2D eigenvalue weighted by Gasteiger charge is -2.35. The van der Waals surface area contributed by atoms with Gasteiger partial charge in [0.2, 0.25) is 0 Å². The first-order chi connectivity index (χ1) is 8.37. The zero-order valence-corrected chi connectivity index (χ0v) is 11.3. The highest BCUT2D eigenvalue weighted by Gasteiger charge is 2.31. The van der Waals surface area contributed by atoms with Crippen molar-refractivity contribution in [1.29, 1.82) is 0 Å². The number of hydrogen-bond donors (Lipinski definition) is 1. The SMILES string of the molecule is CC(C)CNCCN1CCN(CC(F)(F)F)CC1. The second-order valence-electron chi connectivity index (χ2n) is 5.33. The van der Waals surface area contributed by atoms with Crippen LogP contribution in [-0.2, 0) is 0 Å². The molecule has 0 aromatic carbocycles. The van der Waals surface area contributed by atoms with Crippen molar-refractivity contribution in [1.82, 2.24) is 15.1 Å². The third kappa shape index (κ3) is 7.18. The maximum Gasteiger partial charge on any atom is 0.401 e. The second kappa shape index (κ2) is 7.31. The van der Waals surface area contributed by atoms with Crippen molar-refractivity contribution in [2.75, 3.05) is 52.4 Å². The summed E-state index contributed by atoms with van der Waals surface area (Å²) < 4.78 is 36.6. The molecule has 108 valence electrons. The van der Waals surface area contributed by atoms with Crippen LogP contribution in [-0.4, -0.2) is 68.3 Å². The molecule has 0 spiro atoms. The minimum atomic E-state index is -4.07. The maximum atomic E-state index is 12.2. The van der Waals surface area contributed by atoms with Gasteiger partial charge in [-0.3, -0.25) is 9.80 Å². The van der Waals surface area contributed by atoms with Gasteiger partial charge in [0.1, 0.15) is 0 Å². The van der Waals surface area contributed by atoms with Crippen molar-refractivity contribution in [3.8, 4) is 0 Å². The van der Waals surface area contributed by atoms with Gasteiger partial charge >= 0.3 is 6.18 Å². The molecule has 0 unspecified atom stereocenters. The Balaban J connectivity index is 2.08. The van der Waals surface area contributed by atoms with Gasteiger partial charge < -0.3 is 5.32 Å². The standard InChI is InChI=1S/C12H24F3N3/c1-11(2)9-16-3-4-17-5-7-18(8-6-17)10-12(13,14)15/h11,16H,3-10H2,1-2H3. The van der Waals surface area contributed by atoms with E-state index in [4.69, 9.17) is 0 Å². The number of piperazine rings is 1. The largest absolute Gasteiger partial charge is 0.401 e. The average molecular weight is 267 g/mol. The van der Waals surface area contributed by atoms with Gasteiger partial charge in [0.15, 0.2) is 0 Å². The summed E-state index contributed by atoms with van der Waals surface area (Å²) in [4.78, 5) is 3.71.